The average molecular weight is 282 g/mol. The fourth-order valence-corrected chi connectivity index (χ4v) is 1.86. The minimum absolute atomic E-state index is 0.267. The first-order valence-corrected chi connectivity index (χ1v) is 6.83. The zero-order valence-electron chi connectivity index (χ0n) is 12.2. The smallest absolute Gasteiger partial charge is 0.291 e. The molecule has 0 radical (unpaired) electrons. The molecule has 0 aliphatic rings. The van der Waals surface area contributed by atoms with Crippen LogP contribution in [0.2, 0.25) is 0 Å². The highest BCUT2D eigenvalue weighted by molar-refractivity contribution is 6.02. The topological polar surface area (TPSA) is 68.3 Å². The summed E-state index contributed by atoms with van der Waals surface area (Å²) in [6.07, 6.45) is 0.761. The molecule has 0 atom stereocenters. The molecule has 3 N–H and O–H groups in total. The summed E-state index contributed by atoms with van der Waals surface area (Å²) < 4.78 is 5.43. The van der Waals surface area contributed by atoms with Crippen LogP contribution in [0.5, 0.6) is 0 Å². The van der Waals surface area contributed by atoms with Gasteiger partial charge in [-0.05, 0) is 36.8 Å². The Labute approximate surface area is 124 Å². The number of furan rings is 1. The number of nitrogens with one attached hydrogen (secondary N) is 1. The summed E-state index contributed by atoms with van der Waals surface area (Å²) in [7, 11) is 0. The molecule has 1 heterocycles. The van der Waals surface area contributed by atoms with Crippen molar-refractivity contribution in [1.82, 2.24) is 0 Å². The van der Waals surface area contributed by atoms with Crippen molar-refractivity contribution in [2.75, 3.05) is 11.9 Å². The molecule has 0 spiro atoms. The van der Waals surface area contributed by atoms with E-state index in [-0.39, 0.29) is 5.91 Å². The van der Waals surface area contributed by atoms with E-state index in [0.717, 1.165) is 23.3 Å². The van der Waals surface area contributed by atoms with Gasteiger partial charge in [-0.1, -0.05) is 24.8 Å². The molecule has 0 bridgehead atoms. The van der Waals surface area contributed by atoms with E-state index in [4.69, 9.17) is 10.2 Å². The van der Waals surface area contributed by atoms with Crippen LogP contribution in [0.1, 0.15) is 34.4 Å². The molecule has 0 unspecified atom stereocenters. The molecule has 2 aromatic rings. The summed E-state index contributed by atoms with van der Waals surface area (Å²) in [6.45, 7) is 4.25. The van der Waals surface area contributed by atoms with E-state index in [0.29, 0.717) is 18.0 Å². The second kappa shape index (κ2) is 6.78. The third-order valence-electron chi connectivity index (χ3n) is 3.05. The molecule has 0 saturated heterocycles. The van der Waals surface area contributed by atoms with Gasteiger partial charge in [-0.3, -0.25) is 4.79 Å². The van der Waals surface area contributed by atoms with Gasteiger partial charge in [0.2, 0.25) is 0 Å². The number of aryl methyl sites for hydroxylation is 2. The predicted molar refractivity (Wildman–Crippen MR) is 83.2 cm³/mol. The van der Waals surface area contributed by atoms with Crippen molar-refractivity contribution in [2.45, 2.75) is 20.3 Å². The van der Waals surface area contributed by atoms with Crippen molar-refractivity contribution in [3.8, 4) is 11.8 Å². The number of hydrogen-bond acceptors (Lipinski definition) is 3. The van der Waals surface area contributed by atoms with E-state index in [1.807, 2.05) is 38.1 Å². The van der Waals surface area contributed by atoms with Crippen molar-refractivity contribution in [1.29, 1.82) is 0 Å². The predicted octanol–water partition coefficient (Wildman–Crippen LogP) is 2.71. The van der Waals surface area contributed by atoms with Crippen LogP contribution in [-0.2, 0) is 6.42 Å². The van der Waals surface area contributed by atoms with Crippen molar-refractivity contribution < 1.29 is 9.21 Å². The summed E-state index contributed by atoms with van der Waals surface area (Å²) in [4.78, 5) is 12.1. The lowest BCUT2D eigenvalue weighted by Crippen LogP contribution is -2.11. The van der Waals surface area contributed by atoms with Gasteiger partial charge in [0.15, 0.2) is 5.76 Å². The second-order valence-electron chi connectivity index (χ2n) is 4.61. The largest absolute Gasteiger partial charge is 0.456 e. The van der Waals surface area contributed by atoms with Gasteiger partial charge in [-0.25, -0.2) is 0 Å². The number of carbonyl (C=O) groups is 1. The lowest BCUT2D eigenvalue weighted by Gasteiger charge is -2.06. The molecular weight excluding hydrogens is 264 g/mol. The Morgan fingerprint density at radius 1 is 1.33 bits per heavy atom. The van der Waals surface area contributed by atoms with Gasteiger partial charge in [0, 0.05) is 17.7 Å². The number of hydrogen-bond donors (Lipinski definition) is 2. The third kappa shape index (κ3) is 3.74. The van der Waals surface area contributed by atoms with Crippen LogP contribution < -0.4 is 11.1 Å². The first-order chi connectivity index (χ1) is 10.1. The quantitative estimate of drug-likeness (QED) is 0.850. The van der Waals surface area contributed by atoms with Crippen molar-refractivity contribution >= 4 is 11.6 Å². The summed E-state index contributed by atoms with van der Waals surface area (Å²) in [5.74, 6) is 6.64. The fourth-order valence-electron chi connectivity index (χ4n) is 1.86. The lowest BCUT2D eigenvalue weighted by atomic mass is 10.1. The van der Waals surface area contributed by atoms with Gasteiger partial charge in [-0.15, -0.1) is 0 Å². The number of anilines is 1. The molecule has 1 amide bonds. The Morgan fingerprint density at radius 2 is 2.14 bits per heavy atom. The molecule has 108 valence electrons. The van der Waals surface area contributed by atoms with Gasteiger partial charge in [0.05, 0.1) is 6.54 Å². The minimum atomic E-state index is -0.267. The summed E-state index contributed by atoms with van der Waals surface area (Å²) in [6, 6.07) is 9.07. The highest BCUT2D eigenvalue weighted by Gasteiger charge is 2.11. The maximum atomic E-state index is 12.1. The zero-order valence-corrected chi connectivity index (χ0v) is 12.2. The standard InChI is InChI=1S/C17H18N2O2/c1-3-15-8-9-16(21-15)17(20)19-14-7-6-12(2)13(11-14)5-4-10-18/h6-9,11H,3,10,18H2,1-2H3,(H,19,20). The Hall–Kier alpha value is -2.51. The second-order valence-corrected chi connectivity index (χ2v) is 4.61. The SMILES string of the molecule is CCc1ccc(C(=O)Nc2ccc(C)c(C#CCN)c2)o1. The lowest BCUT2D eigenvalue weighted by molar-refractivity contribution is 0.0995. The van der Waals surface area contributed by atoms with Crippen LogP contribution in [0.3, 0.4) is 0 Å². The monoisotopic (exact) mass is 282 g/mol. The number of rotatable bonds is 3. The fraction of sp³-hybridized carbons (Fsp3) is 0.235. The van der Waals surface area contributed by atoms with Crippen molar-refractivity contribution in [2.24, 2.45) is 5.73 Å². The molecule has 4 nitrogen and oxygen atoms in total. The maximum Gasteiger partial charge on any atom is 0.291 e. The molecule has 1 aromatic heterocycles. The van der Waals surface area contributed by atoms with Crippen LogP contribution in [0.4, 0.5) is 5.69 Å². The highest BCUT2D eigenvalue weighted by atomic mass is 16.3. The van der Waals surface area contributed by atoms with Gasteiger partial charge < -0.3 is 15.5 Å². The number of benzene rings is 1. The highest BCUT2D eigenvalue weighted by Crippen LogP contribution is 2.16. The average Bonchev–Trinajstić information content (AvgIpc) is 2.97. The number of carbonyl (C=O) groups excluding carboxylic acids is 1. The molecule has 4 heteroatoms. The van der Waals surface area contributed by atoms with Gasteiger partial charge in [0.1, 0.15) is 5.76 Å². The van der Waals surface area contributed by atoms with Crippen LogP contribution >= 0.6 is 0 Å². The Kier molecular flexibility index (Phi) is 4.81. The molecule has 1 aromatic carbocycles. The van der Waals surface area contributed by atoms with Crippen LogP contribution in [0.25, 0.3) is 0 Å². The van der Waals surface area contributed by atoms with Gasteiger partial charge >= 0.3 is 0 Å². The first kappa shape index (κ1) is 14.9. The Morgan fingerprint density at radius 3 is 2.81 bits per heavy atom. The van der Waals surface area contributed by atoms with Gasteiger partial charge in [0.25, 0.3) is 5.91 Å². The van der Waals surface area contributed by atoms with E-state index >= 15 is 0 Å². The molecule has 21 heavy (non-hydrogen) atoms. The molecule has 0 aliphatic carbocycles. The summed E-state index contributed by atoms with van der Waals surface area (Å²) >= 11 is 0. The molecule has 0 fully saturated rings. The molecule has 2 rings (SSSR count). The van der Waals surface area contributed by atoms with Crippen molar-refractivity contribution in [3.63, 3.8) is 0 Å². The van der Waals surface area contributed by atoms with Crippen LogP contribution in [0, 0.1) is 18.8 Å². The maximum absolute atomic E-state index is 12.1. The van der Waals surface area contributed by atoms with E-state index in [9.17, 15) is 4.79 Å². The first-order valence-electron chi connectivity index (χ1n) is 6.83. The molecule has 0 aliphatic heterocycles. The van der Waals surface area contributed by atoms with E-state index in [1.165, 1.54) is 0 Å². The van der Waals surface area contributed by atoms with Crippen LogP contribution in [0.15, 0.2) is 34.7 Å². The minimum Gasteiger partial charge on any atom is -0.456 e. The van der Waals surface area contributed by atoms with Crippen molar-refractivity contribution in [3.05, 3.63) is 53.0 Å². The summed E-state index contributed by atoms with van der Waals surface area (Å²) in [5.41, 5.74) is 7.96. The Balaban J connectivity index is 2.17. The molecule has 0 saturated carbocycles. The normalized spacial score (nSPS) is 9.86. The van der Waals surface area contributed by atoms with Crippen LogP contribution in [-0.4, -0.2) is 12.5 Å². The third-order valence-corrected chi connectivity index (χ3v) is 3.05. The van der Waals surface area contributed by atoms with E-state index in [2.05, 4.69) is 17.2 Å². The molecular formula is C17H18N2O2. The number of amides is 1. The number of nitrogens with two attached hydrogens (primary N) is 1. The van der Waals surface area contributed by atoms with E-state index < -0.39 is 0 Å². The zero-order chi connectivity index (χ0) is 15.2. The van der Waals surface area contributed by atoms with E-state index in [1.54, 1.807) is 6.07 Å². The summed E-state index contributed by atoms with van der Waals surface area (Å²) in [5, 5.41) is 2.81. The Bertz CT molecular complexity index is 705. The van der Waals surface area contributed by atoms with Gasteiger partial charge in [-0.2, -0.15) is 0 Å².